The Kier molecular flexibility index (Phi) is 8.30. The zero-order valence-corrected chi connectivity index (χ0v) is 21.2. The Hall–Kier alpha value is -3.65. The molecule has 2 N–H and O–H groups in total. The molecule has 0 radical (unpaired) electrons. The van der Waals surface area contributed by atoms with Crippen molar-refractivity contribution in [1.29, 1.82) is 0 Å². The van der Waals surface area contributed by atoms with Gasteiger partial charge < -0.3 is 10.6 Å². The molecule has 0 unspecified atom stereocenters. The monoisotopic (exact) mass is 493 g/mol. The van der Waals surface area contributed by atoms with E-state index in [2.05, 4.69) is 10.6 Å². The fourth-order valence-electron chi connectivity index (χ4n) is 3.76. The predicted octanol–water partition coefficient (Wildman–Crippen LogP) is 4.07. The summed E-state index contributed by atoms with van der Waals surface area (Å²) < 4.78 is 26.3. The molecule has 0 heterocycles. The molecule has 1 atom stereocenters. The Morgan fingerprint density at radius 2 is 1.57 bits per heavy atom. The van der Waals surface area contributed by atoms with E-state index in [-0.39, 0.29) is 5.91 Å². The van der Waals surface area contributed by atoms with Crippen molar-refractivity contribution in [3.63, 3.8) is 0 Å². The van der Waals surface area contributed by atoms with E-state index in [0.29, 0.717) is 29.9 Å². The van der Waals surface area contributed by atoms with Gasteiger partial charge in [0.05, 0.1) is 23.2 Å². The minimum Gasteiger partial charge on any atom is -0.352 e. The van der Waals surface area contributed by atoms with Gasteiger partial charge in [0.15, 0.2) is 0 Å². The van der Waals surface area contributed by atoms with Crippen molar-refractivity contribution in [2.24, 2.45) is 0 Å². The lowest BCUT2D eigenvalue weighted by Crippen LogP contribution is -2.45. The fraction of sp³-hybridized carbons (Fsp3) is 0.259. The lowest BCUT2D eigenvalue weighted by atomic mass is 10.1. The van der Waals surface area contributed by atoms with Crippen LogP contribution in [0.25, 0.3) is 0 Å². The molecule has 0 bridgehead atoms. The topological polar surface area (TPSA) is 95.6 Å². The molecule has 0 fully saturated rings. The molecule has 2 amide bonds. The standard InChI is InChI=1S/C27H31N3O4S/c1-19-14-15-23(18-20(19)2)30(35(4,33)34)21(3)26(31)29-25-13-9-8-12-24(25)27(32)28-17-16-22-10-6-5-7-11-22/h5-15,18,21H,16-17H2,1-4H3,(H,28,32)(H,29,31)/t21-/m0/s1. The first-order valence-electron chi connectivity index (χ1n) is 11.4. The molecular weight excluding hydrogens is 462 g/mol. The number of hydrogen-bond donors (Lipinski definition) is 2. The minimum atomic E-state index is -3.76. The molecule has 0 aliphatic carbocycles. The summed E-state index contributed by atoms with van der Waals surface area (Å²) in [6, 6.07) is 20.7. The molecule has 35 heavy (non-hydrogen) atoms. The Balaban J connectivity index is 1.76. The van der Waals surface area contributed by atoms with Gasteiger partial charge >= 0.3 is 0 Å². The van der Waals surface area contributed by atoms with Gasteiger partial charge in [-0.05, 0) is 68.1 Å². The second-order valence-corrected chi connectivity index (χ2v) is 10.4. The van der Waals surface area contributed by atoms with Crippen LogP contribution in [0.1, 0.15) is 34.0 Å². The normalized spacial score (nSPS) is 12.0. The Bertz CT molecular complexity index is 1310. The average Bonchev–Trinajstić information content (AvgIpc) is 2.81. The lowest BCUT2D eigenvalue weighted by Gasteiger charge is -2.29. The van der Waals surface area contributed by atoms with Crippen LogP contribution < -0.4 is 14.9 Å². The number of carbonyl (C=O) groups excluding carboxylic acids is 2. The summed E-state index contributed by atoms with van der Waals surface area (Å²) in [4.78, 5) is 26.0. The first-order chi connectivity index (χ1) is 16.6. The Morgan fingerprint density at radius 1 is 0.914 bits per heavy atom. The zero-order valence-electron chi connectivity index (χ0n) is 20.4. The number of sulfonamides is 1. The second kappa shape index (κ2) is 11.2. The van der Waals surface area contributed by atoms with E-state index >= 15 is 0 Å². The van der Waals surface area contributed by atoms with Gasteiger partial charge in [0, 0.05) is 6.54 Å². The van der Waals surface area contributed by atoms with Gasteiger partial charge in [-0.2, -0.15) is 0 Å². The van der Waals surface area contributed by atoms with Gasteiger partial charge in [0.2, 0.25) is 15.9 Å². The summed E-state index contributed by atoms with van der Waals surface area (Å²) in [5.74, 6) is -0.864. The average molecular weight is 494 g/mol. The minimum absolute atomic E-state index is 0.304. The summed E-state index contributed by atoms with van der Waals surface area (Å²) in [6.07, 6.45) is 1.75. The van der Waals surface area contributed by atoms with E-state index in [1.807, 2.05) is 50.2 Å². The summed E-state index contributed by atoms with van der Waals surface area (Å²) in [5, 5.41) is 5.62. The Labute approximate surface area is 207 Å². The van der Waals surface area contributed by atoms with Gasteiger partial charge in [0.25, 0.3) is 5.91 Å². The maximum Gasteiger partial charge on any atom is 0.253 e. The maximum atomic E-state index is 13.2. The van der Waals surface area contributed by atoms with Crippen LogP contribution in [0, 0.1) is 13.8 Å². The van der Waals surface area contributed by atoms with Gasteiger partial charge in [-0.1, -0.05) is 48.5 Å². The number of hydrogen-bond acceptors (Lipinski definition) is 4. The molecule has 3 aromatic rings. The van der Waals surface area contributed by atoms with E-state index in [0.717, 1.165) is 27.3 Å². The van der Waals surface area contributed by atoms with Crippen molar-refractivity contribution in [2.45, 2.75) is 33.2 Å². The highest BCUT2D eigenvalue weighted by molar-refractivity contribution is 7.92. The summed E-state index contributed by atoms with van der Waals surface area (Å²) >= 11 is 0. The van der Waals surface area contributed by atoms with Crippen LogP contribution in [0.3, 0.4) is 0 Å². The number of aryl methyl sites for hydroxylation is 2. The van der Waals surface area contributed by atoms with E-state index < -0.39 is 22.0 Å². The number of amides is 2. The molecule has 0 aliphatic rings. The second-order valence-electron chi connectivity index (χ2n) is 8.53. The molecule has 0 aliphatic heterocycles. The number of para-hydroxylation sites is 1. The van der Waals surface area contributed by atoms with E-state index in [4.69, 9.17) is 0 Å². The highest BCUT2D eigenvalue weighted by Gasteiger charge is 2.30. The molecule has 8 heteroatoms. The molecule has 0 saturated heterocycles. The van der Waals surface area contributed by atoms with Gasteiger partial charge in [-0.15, -0.1) is 0 Å². The quantitative estimate of drug-likeness (QED) is 0.470. The largest absolute Gasteiger partial charge is 0.352 e. The molecule has 0 saturated carbocycles. The van der Waals surface area contributed by atoms with Crippen molar-refractivity contribution in [1.82, 2.24) is 5.32 Å². The summed E-state index contributed by atoms with van der Waals surface area (Å²) in [6.45, 7) is 5.78. The third kappa shape index (κ3) is 6.70. The number of rotatable bonds is 9. The van der Waals surface area contributed by atoms with Crippen LogP contribution in [0.15, 0.2) is 72.8 Å². The molecule has 3 rings (SSSR count). The first kappa shape index (κ1) is 26.0. The van der Waals surface area contributed by atoms with Gasteiger partial charge in [-0.25, -0.2) is 8.42 Å². The summed E-state index contributed by atoms with van der Waals surface area (Å²) in [5.41, 5.74) is 4.07. The third-order valence-electron chi connectivity index (χ3n) is 5.81. The summed E-state index contributed by atoms with van der Waals surface area (Å²) in [7, 11) is -3.76. The van der Waals surface area contributed by atoms with Crippen LogP contribution in [-0.4, -0.2) is 39.1 Å². The van der Waals surface area contributed by atoms with Crippen molar-refractivity contribution in [2.75, 3.05) is 22.4 Å². The zero-order chi connectivity index (χ0) is 25.6. The molecular formula is C27H31N3O4S. The number of nitrogens with one attached hydrogen (secondary N) is 2. The first-order valence-corrected chi connectivity index (χ1v) is 13.2. The van der Waals surface area contributed by atoms with E-state index in [1.54, 1.807) is 36.4 Å². The number of benzene rings is 3. The predicted molar refractivity (Wildman–Crippen MR) is 140 cm³/mol. The van der Waals surface area contributed by atoms with Crippen LogP contribution in [0.2, 0.25) is 0 Å². The third-order valence-corrected chi connectivity index (χ3v) is 7.05. The lowest BCUT2D eigenvalue weighted by molar-refractivity contribution is -0.116. The molecule has 3 aromatic carbocycles. The van der Waals surface area contributed by atoms with Crippen LogP contribution in [0.4, 0.5) is 11.4 Å². The van der Waals surface area contributed by atoms with Crippen LogP contribution >= 0.6 is 0 Å². The van der Waals surface area contributed by atoms with Crippen molar-refractivity contribution < 1.29 is 18.0 Å². The molecule has 184 valence electrons. The SMILES string of the molecule is Cc1ccc(N([C@@H](C)C(=O)Nc2ccccc2C(=O)NCCc2ccccc2)S(C)(=O)=O)cc1C. The maximum absolute atomic E-state index is 13.2. The highest BCUT2D eigenvalue weighted by atomic mass is 32.2. The smallest absolute Gasteiger partial charge is 0.253 e. The number of carbonyl (C=O) groups is 2. The van der Waals surface area contributed by atoms with E-state index in [1.165, 1.54) is 6.92 Å². The Morgan fingerprint density at radius 3 is 2.23 bits per heavy atom. The van der Waals surface area contributed by atoms with Crippen LogP contribution in [0.5, 0.6) is 0 Å². The molecule has 0 spiro atoms. The van der Waals surface area contributed by atoms with Crippen molar-refractivity contribution in [3.05, 3.63) is 95.1 Å². The van der Waals surface area contributed by atoms with Gasteiger partial charge in [-0.3, -0.25) is 13.9 Å². The highest BCUT2D eigenvalue weighted by Crippen LogP contribution is 2.25. The fourth-order valence-corrected chi connectivity index (χ4v) is 4.93. The van der Waals surface area contributed by atoms with Crippen molar-refractivity contribution in [3.8, 4) is 0 Å². The number of nitrogens with zero attached hydrogens (tertiary/aromatic N) is 1. The van der Waals surface area contributed by atoms with E-state index in [9.17, 15) is 18.0 Å². The van der Waals surface area contributed by atoms with Crippen molar-refractivity contribution >= 4 is 33.2 Å². The molecule has 7 nitrogen and oxygen atoms in total. The van der Waals surface area contributed by atoms with Crippen LogP contribution in [-0.2, 0) is 21.2 Å². The number of anilines is 2. The van der Waals surface area contributed by atoms with Gasteiger partial charge in [0.1, 0.15) is 6.04 Å². The molecule has 0 aromatic heterocycles.